The Morgan fingerprint density at radius 3 is 2.38 bits per heavy atom. The van der Waals surface area contributed by atoms with Gasteiger partial charge in [-0.25, -0.2) is 0 Å². The summed E-state index contributed by atoms with van der Waals surface area (Å²) in [7, 11) is 2.19. The maximum Gasteiger partial charge on any atom is 0.0366 e. The predicted octanol–water partition coefficient (Wildman–Crippen LogP) is 4.32. The molecule has 0 radical (unpaired) electrons. The number of unbranched alkanes of at least 4 members (excludes halogenated alkanes) is 3. The lowest BCUT2D eigenvalue weighted by atomic mass is 10.1. The number of aryl methyl sites for hydroxylation is 2. The van der Waals surface area contributed by atoms with Gasteiger partial charge in [0, 0.05) is 19.3 Å². The third-order valence-corrected chi connectivity index (χ3v) is 3.28. The predicted molar refractivity (Wildman–Crippen MR) is 73.3 cm³/mol. The summed E-state index contributed by atoms with van der Waals surface area (Å²) in [6.07, 6.45) is 5.33. The lowest BCUT2D eigenvalue weighted by molar-refractivity contribution is 0.661. The highest BCUT2D eigenvalue weighted by molar-refractivity contribution is 5.49. The zero-order valence-corrected chi connectivity index (χ0v) is 11.2. The highest BCUT2D eigenvalue weighted by atomic mass is 15.1. The molecule has 0 N–H and O–H groups in total. The van der Waals surface area contributed by atoms with Crippen LogP contribution in [-0.2, 0) is 0 Å². The second-order valence-electron chi connectivity index (χ2n) is 4.75. The van der Waals surface area contributed by atoms with E-state index in [1.807, 2.05) is 0 Å². The van der Waals surface area contributed by atoms with E-state index in [9.17, 15) is 0 Å². The molecule has 1 rings (SSSR count). The van der Waals surface area contributed by atoms with E-state index in [1.54, 1.807) is 0 Å². The van der Waals surface area contributed by atoms with Crippen LogP contribution < -0.4 is 4.90 Å². The molecule has 0 bridgehead atoms. The Hall–Kier alpha value is -0.980. The summed E-state index contributed by atoms with van der Waals surface area (Å²) < 4.78 is 0. The standard InChI is InChI=1S/C15H25N/c1-5-6-7-8-11-16(4)15-10-9-13(2)14(3)12-15/h9-10,12H,5-8,11H2,1-4H3. The molecule has 0 aliphatic rings. The van der Waals surface area contributed by atoms with Gasteiger partial charge in [0.15, 0.2) is 0 Å². The van der Waals surface area contributed by atoms with E-state index in [0.29, 0.717) is 0 Å². The van der Waals surface area contributed by atoms with Crippen LogP contribution in [0.25, 0.3) is 0 Å². The quantitative estimate of drug-likeness (QED) is 0.644. The molecule has 0 saturated heterocycles. The van der Waals surface area contributed by atoms with Gasteiger partial charge in [-0.3, -0.25) is 0 Å². The maximum atomic E-state index is 2.36. The SMILES string of the molecule is CCCCCCN(C)c1ccc(C)c(C)c1. The van der Waals surface area contributed by atoms with E-state index in [4.69, 9.17) is 0 Å². The average Bonchev–Trinajstić information content (AvgIpc) is 2.28. The number of hydrogen-bond donors (Lipinski definition) is 0. The van der Waals surface area contributed by atoms with Crippen molar-refractivity contribution in [2.24, 2.45) is 0 Å². The Morgan fingerprint density at radius 1 is 1.00 bits per heavy atom. The molecule has 0 heterocycles. The molecule has 1 aromatic carbocycles. The monoisotopic (exact) mass is 219 g/mol. The largest absolute Gasteiger partial charge is 0.375 e. The van der Waals surface area contributed by atoms with Crippen molar-refractivity contribution in [1.29, 1.82) is 0 Å². The molecule has 0 spiro atoms. The topological polar surface area (TPSA) is 3.24 Å². The van der Waals surface area contributed by atoms with Gasteiger partial charge in [0.05, 0.1) is 0 Å². The van der Waals surface area contributed by atoms with Crippen LogP contribution in [0.2, 0.25) is 0 Å². The summed E-state index contributed by atoms with van der Waals surface area (Å²) in [6, 6.07) is 6.73. The normalized spacial score (nSPS) is 10.5. The molecule has 0 unspecified atom stereocenters. The third kappa shape index (κ3) is 3.88. The number of hydrogen-bond acceptors (Lipinski definition) is 1. The average molecular weight is 219 g/mol. The van der Waals surface area contributed by atoms with Crippen LogP contribution in [0.5, 0.6) is 0 Å². The van der Waals surface area contributed by atoms with Crippen molar-refractivity contribution in [3.05, 3.63) is 29.3 Å². The van der Waals surface area contributed by atoms with Gasteiger partial charge in [0.25, 0.3) is 0 Å². The van der Waals surface area contributed by atoms with Crippen molar-refractivity contribution >= 4 is 5.69 Å². The molecule has 0 fully saturated rings. The molecule has 0 saturated carbocycles. The van der Waals surface area contributed by atoms with Crippen LogP contribution in [0.1, 0.15) is 43.7 Å². The zero-order chi connectivity index (χ0) is 12.0. The van der Waals surface area contributed by atoms with E-state index in [0.717, 1.165) is 0 Å². The molecule has 1 nitrogen and oxygen atoms in total. The number of rotatable bonds is 6. The molecule has 1 heteroatoms. The summed E-state index contributed by atoms with van der Waals surface area (Å²) in [6.45, 7) is 7.78. The minimum Gasteiger partial charge on any atom is -0.375 e. The minimum absolute atomic E-state index is 1.17. The molecule has 0 aliphatic carbocycles. The summed E-state index contributed by atoms with van der Waals surface area (Å²) in [5, 5.41) is 0. The highest BCUT2D eigenvalue weighted by Crippen LogP contribution is 2.18. The fourth-order valence-corrected chi connectivity index (χ4v) is 1.87. The molecule has 1 aromatic rings. The van der Waals surface area contributed by atoms with E-state index in [1.165, 1.54) is 49.0 Å². The molecular formula is C15H25N. The van der Waals surface area contributed by atoms with Gasteiger partial charge in [0.2, 0.25) is 0 Å². The Bertz CT molecular complexity index is 317. The second-order valence-corrected chi connectivity index (χ2v) is 4.75. The van der Waals surface area contributed by atoms with Gasteiger partial charge >= 0.3 is 0 Å². The first-order valence-corrected chi connectivity index (χ1v) is 6.43. The molecule has 0 aliphatic heterocycles. The number of benzene rings is 1. The van der Waals surface area contributed by atoms with E-state index >= 15 is 0 Å². The Labute approximate surface area is 100 Å². The smallest absolute Gasteiger partial charge is 0.0366 e. The summed E-state index contributed by atoms with van der Waals surface area (Å²) in [5.74, 6) is 0. The van der Waals surface area contributed by atoms with Gasteiger partial charge in [-0.05, 0) is 43.5 Å². The van der Waals surface area contributed by atoms with Crippen LogP contribution in [-0.4, -0.2) is 13.6 Å². The lowest BCUT2D eigenvalue weighted by Crippen LogP contribution is -2.18. The summed E-state index contributed by atoms with van der Waals surface area (Å²) >= 11 is 0. The lowest BCUT2D eigenvalue weighted by Gasteiger charge is -2.20. The van der Waals surface area contributed by atoms with Crippen molar-refractivity contribution in [2.75, 3.05) is 18.5 Å². The van der Waals surface area contributed by atoms with Gasteiger partial charge in [-0.2, -0.15) is 0 Å². The van der Waals surface area contributed by atoms with E-state index < -0.39 is 0 Å². The van der Waals surface area contributed by atoms with Gasteiger partial charge in [0.1, 0.15) is 0 Å². The minimum atomic E-state index is 1.17. The van der Waals surface area contributed by atoms with Crippen molar-refractivity contribution in [1.82, 2.24) is 0 Å². The van der Waals surface area contributed by atoms with Crippen molar-refractivity contribution in [2.45, 2.75) is 46.5 Å². The molecule has 0 atom stereocenters. The zero-order valence-electron chi connectivity index (χ0n) is 11.2. The van der Waals surface area contributed by atoms with E-state index in [-0.39, 0.29) is 0 Å². The Kier molecular flexibility index (Phi) is 5.37. The maximum absolute atomic E-state index is 2.36. The van der Waals surface area contributed by atoms with Crippen molar-refractivity contribution < 1.29 is 0 Å². The van der Waals surface area contributed by atoms with Crippen LogP contribution in [0.15, 0.2) is 18.2 Å². The van der Waals surface area contributed by atoms with Crippen LogP contribution >= 0.6 is 0 Å². The molecule has 0 aromatic heterocycles. The second kappa shape index (κ2) is 6.57. The first-order chi connectivity index (χ1) is 7.65. The van der Waals surface area contributed by atoms with E-state index in [2.05, 4.69) is 50.9 Å². The molecule has 0 amide bonds. The first kappa shape index (κ1) is 13.1. The Balaban J connectivity index is 2.46. The van der Waals surface area contributed by atoms with Gasteiger partial charge in [-0.1, -0.05) is 32.3 Å². The first-order valence-electron chi connectivity index (χ1n) is 6.43. The number of nitrogens with zero attached hydrogens (tertiary/aromatic N) is 1. The summed E-state index contributed by atoms with van der Waals surface area (Å²) in [5.41, 5.74) is 4.11. The van der Waals surface area contributed by atoms with Crippen LogP contribution in [0.3, 0.4) is 0 Å². The fourth-order valence-electron chi connectivity index (χ4n) is 1.87. The Morgan fingerprint density at radius 2 is 1.75 bits per heavy atom. The van der Waals surface area contributed by atoms with Gasteiger partial charge in [-0.15, -0.1) is 0 Å². The van der Waals surface area contributed by atoms with Crippen LogP contribution in [0.4, 0.5) is 5.69 Å². The van der Waals surface area contributed by atoms with Gasteiger partial charge < -0.3 is 4.90 Å². The number of anilines is 1. The molecular weight excluding hydrogens is 194 g/mol. The molecule has 16 heavy (non-hydrogen) atoms. The van der Waals surface area contributed by atoms with Crippen LogP contribution in [0, 0.1) is 13.8 Å². The molecule has 90 valence electrons. The third-order valence-electron chi connectivity index (χ3n) is 3.28. The highest BCUT2D eigenvalue weighted by Gasteiger charge is 2.01. The van der Waals surface area contributed by atoms with Crippen molar-refractivity contribution in [3.8, 4) is 0 Å². The fraction of sp³-hybridized carbons (Fsp3) is 0.600. The summed E-state index contributed by atoms with van der Waals surface area (Å²) in [4.78, 5) is 2.36. The van der Waals surface area contributed by atoms with Crippen molar-refractivity contribution in [3.63, 3.8) is 0 Å².